The molecular weight excluding hydrogens is 415 g/mol. The third-order valence-electron chi connectivity index (χ3n) is 3.68. The lowest BCUT2D eigenvalue weighted by Crippen LogP contribution is -2.20. The van der Waals surface area contributed by atoms with Crippen molar-refractivity contribution in [3.63, 3.8) is 0 Å². The van der Waals surface area contributed by atoms with Crippen LogP contribution in [0, 0.1) is 5.82 Å². The second-order valence-corrected chi connectivity index (χ2v) is 7.43. The molecule has 0 fully saturated rings. The van der Waals surface area contributed by atoms with Gasteiger partial charge in [0.2, 0.25) is 0 Å². The van der Waals surface area contributed by atoms with Crippen molar-refractivity contribution in [1.29, 1.82) is 0 Å². The van der Waals surface area contributed by atoms with E-state index in [1.807, 2.05) is 0 Å². The summed E-state index contributed by atoms with van der Waals surface area (Å²) in [5, 5.41) is 3.92. The molecule has 160 valence electrons. The molecule has 1 rings (SSSR count). The summed E-state index contributed by atoms with van der Waals surface area (Å²) in [6, 6.07) is 2.76. The molecule has 2 N–H and O–H groups in total. The molecule has 0 heterocycles. The van der Waals surface area contributed by atoms with Crippen molar-refractivity contribution in [3.8, 4) is 5.75 Å². The molecule has 1 aromatic rings. The first-order valence-electron chi connectivity index (χ1n) is 8.24. The van der Waals surface area contributed by atoms with E-state index >= 15 is 0 Å². The number of halogens is 7. The van der Waals surface area contributed by atoms with Gasteiger partial charge in [-0.25, -0.2) is 8.60 Å². The number of alkyl halides is 6. The molecule has 0 saturated heterocycles. The van der Waals surface area contributed by atoms with Crippen molar-refractivity contribution >= 4 is 16.6 Å². The molecule has 0 aliphatic carbocycles. The first-order valence-corrected chi connectivity index (χ1v) is 9.52. The van der Waals surface area contributed by atoms with Crippen LogP contribution in [0.4, 0.5) is 30.7 Å². The van der Waals surface area contributed by atoms with Gasteiger partial charge in [0.15, 0.2) is 0 Å². The van der Waals surface area contributed by atoms with Gasteiger partial charge < -0.3 is 4.74 Å². The molecule has 0 aromatic heterocycles. The summed E-state index contributed by atoms with van der Waals surface area (Å²) in [7, 11) is -2.06. The van der Waals surface area contributed by atoms with E-state index in [4.69, 9.17) is 9.88 Å². The summed E-state index contributed by atoms with van der Waals surface area (Å²) >= 11 is 0. The standard InChI is InChI=1S/C17H20F7NO2S/c1-11(28(25)26)9-14(17(22,23)24)13-6-5-12(10-15(13)18)27-8-4-2-3-7-16(19,20)21/h5-6,9-11H,2-4,7-8,25H2,1H3. The molecular formula is C17H20F7NO2S. The highest BCUT2D eigenvalue weighted by atomic mass is 32.2. The molecule has 0 radical (unpaired) electrons. The fourth-order valence-electron chi connectivity index (χ4n) is 2.24. The number of nitrogens with two attached hydrogens (primary N) is 1. The van der Waals surface area contributed by atoms with Crippen LogP contribution < -0.4 is 9.88 Å². The molecule has 0 bridgehead atoms. The second-order valence-electron chi connectivity index (χ2n) is 6.03. The zero-order chi connectivity index (χ0) is 21.5. The maximum absolute atomic E-state index is 14.2. The van der Waals surface area contributed by atoms with Crippen LogP contribution >= 0.6 is 0 Å². The van der Waals surface area contributed by atoms with E-state index in [9.17, 15) is 34.9 Å². The Hall–Kier alpha value is -1.62. The SMILES string of the molecule is CC(C=C(c1ccc(OCCCCCC(F)(F)F)cc1F)C(F)(F)F)S(N)=O. The Bertz CT molecular complexity index is 702. The molecule has 2 atom stereocenters. The van der Waals surface area contributed by atoms with E-state index in [-0.39, 0.29) is 31.6 Å². The molecule has 0 saturated carbocycles. The highest BCUT2D eigenvalue weighted by Crippen LogP contribution is 2.36. The van der Waals surface area contributed by atoms with E-state index in [2.05, 4.69) is 0 Å². The van der Waals surface area contributed by atoms with Crippen molar-refractivity contribution in [2.45, 2.75) is 50.2 Å². The summed E-state index contributed by atoms with van der Waals surface area (Å²) in [5.41, 5.74) is -2.06. The maximum Gasteiger partial charge on any atom is 0.416 e. The number of rotatable bonds is 9. The van der Waals surface area contributed by atoms with Gasteiger partial charge in [0, 0.05) is 18.1 Å². The van der Waals surface area contributed by atoms with E-state index < -0.39 is 52.0 Å². The Labute approximate surface area is 160 Å². The quantitative estimate of drug-likeness (QED) is 0.424. The Morgan fingerprint density at radius 1 is 1.18 bits per heavy atom. The molecule has 3 nitrogen and oxygen atoms in total. The second kappa shape index (κ2) is 10.2. The van der Waals surface area contributed by atoms with Crippen molar-refractivity contribution in [2.75, 3.05) is 6.61 Å². The lowest BCUT2D eigenvalue weighted by atomic mass is 10.0. The fraction of sp³-hybridized carbons (Fsp3) is 0.529. The van der Waals surface area contributed by atoms with Crippen molar-refractivity contribution in [2.24, 2.45) is 5.14 Å². The summed E-state index contributed by atoms with van der Waals surface area (Å²) in [4.78, 5) is 0. The highest BCUT2D eigenvalue weighted by Gasteiger charge is 2.36. The van der Waals surface area contributed by atoms with Gasteiger partial charge in [-0.1, -0.05) is 6.08 Å². The Morgan fingerprint density at radius 2 is 1.82 bits per heavy atom. The molecule has 0 aliphatic rings. The average molecular weight is 435 g/mol. The van der Waals surface area contributed by atoms with Crippen LogP contribution in [0.15, 0.2) is 24.3 Å². The summed E-state index contributed by atoms with van der Waals surface area (Å²) in [6.45, 7) is 1.21. The number of hydrogen-bond acceptors (Lipinski definition) is 2. The van der Waals surface area contributed by atoms with Crippen LogP contribution in [-0.2, 0) is 11.0 Å². The maximum atomic E-state index is 14.2. The first-order chi connectivity index (χ1) is 12.8. The Morgan fingerprint density at radius 3 is 2.32 bits per heavy atom. The molecule has 2 unspecified atom stereocenters. The van der Waals surface area contributed by atoms with E-state index in [0.717, 1.165) is 18.2 Å². The van der Waals surface area contributed by atoms with Crippen LogP contribution in [0.1, 0.15) is 38.2 Å². The monoisotopic (exact) mass is 435 g/mol. The molecule has 11 heteroatoms. The van der Waals surface area contributed by atoms with Crippen LogP contribution in [0.25, 0.3) is 5.57 Å². The van der Waals surface area contributed by atoms with Gasteiger partial charge in [0.25, 0.3) is 0 Å². The predicted octanol–water partition coefficient (Wildman–Crippen LogP) is 5.28. The van der Waals surface area contributed by atoms with Gasteiger partial charge in [-0.3, -0.25) is 5.14 Å². The van der Waals surface area contributed by atoms with Crippen LogP contribution in [0.2, 0.25) is 0 Å². The van der Waals surface area contributed by atoms with Gasteiger partial charge in [-0.15, -0.1) is 0 Å². The molecule has 1 aromatic carbocycles. The Balaban J connectivity index is 2.78. The summed E-state index contributed by atoms with van der Waals surface area (Å²) in [6.07, 6.45) is -8.97. The lowest BCUT2D eigenvalue weighted by molar-refractivity contribution is -0.135. The molecule has 0 aliphatic heterocycles. The predicted molar refractivity (Wildman–Crippen MR) is 92.2 cm³/mol. The number of benzene rings is 1. The molecule has 0 spiro atoms. The summed E-state index contributed by atoms with van der Waals surface area (Å²) in [5.74, 6) is -1.25. The summed E-state index contributed by atoms with van der Waals surface area (Å²) < 4.78 is 106. The van der Waals surface area contributed by atoms with Crippen LogP contribution in [0.5, 0.6) is 5.75 Å². The number of unbranched alkanes of at least 4 members (excludes halogenated alkanes) is 2. The third kappa shape index (κ3) is 8.59. The smallest absolute Gasteiger partial charge is 0.416 e. The van der Waals surface area contributed by atoms with Gasteiger partial charge >= 0.3 is 12.4 Å². The highest BCUT2D eigenvalue weighted by molar-refractivity contribution is 7.83. The van der Waals surface area contributed by atoms with Crippen LogP contribution in [-0.4, -0.2) is 28.4 Å². The van der Waals surface area contributed by atoms with Gasteiger partial charge in [0.1, 0.15) is 11.6 Å². The van der Waals surface area contributed by atoms with E-state index in [1.54, 1.807) is 0 Å². The lowest BCUT2D eigenvalue weighted by Gasteiger charge is -2.15. The van der Waals surface area contributed by atoms with E-state index in [1.165, 1.54) is 6.92 Å². The zero-order valence-electron chi connectivity index (χ0n) is 14.9. The zero-order valence-corrected chi connectivity index (χ0v) is 15.7. The van der Waals surface area contributed by atoms with E-state index in [0.29, 0.717) is 6.08 Å². The number of hydrogen-bond donors (Lipinski definition) is 1. The fourth-order valence-corrected chi connectivity index (χ4v) is 2.51. The minimum Gasteiger partial charge on any atom is -0.493 e. The topological polar surface area (TPSA) is 52.3 Å². The van der Waals surface area contributed by atoms with Crippen molar-refractivity contribution in [1.82, 2.24) is 0 Å². The first kappa shape index (κ1) is 24.4. The normalized spacial score (nSPS) is 15.4. The minimum absolute atomic E-state index is 0.00179. The minimum atomic E-state index is -4.89. The average Bonchev–Trinajstić information content (AvgIpc) is 2.54. The largest absolute Gasteiger partial charge is 0.493 e. The van der Waals surface area contributed by atoms with Gasteiger partial charge in [0.05, 0.1) is 28.4 Å². The Kier molecular flexibility index (Phi) is 8.93. The van der Waals surface area contributed by atoms with Crippen molar-refractivity contribution in [3.05, 3.63) is 35.7 Å². The van der Waals surface area contributed by atoms with Crippen LogP contribution in [0.3, 0.4) is 0 Å². The van der Waals surface area contributed by atoms with Gasteiger partial charge in [-0.05, 0) is 38.3 Å². The third-order valence-corrected chi connectivity index (χ3v) is 4.55. The van der Waals surface area contributed by atoms with Crippen molar-refractivity contribution < 1.29 is 39.7 Å². The van der Waals surface area contributed by atoms with Gasteiger partial charge in [-0.2, -0.15) is 26.3 Å². The number of ether oxygens (including phenoxy) is 1. The number of allylic oxidation sites excluding steroid dienone is 1. The molecule has 0 amide bonds. The molecule has 28 heavy (non-hydrogen) atoms.